The zero-order chi connectivity index (χ0) is 23.6. The van der Waals surface area contributed by atoms with Gasteiger partial charge in [-0.3, -0.25) is 9.48 Å². The summed E-state index contributed by atoms with van der Waals surface area (Å²) in [5.41, 5.74) is 11.1. The summed E-state index contributed by atoms with van der Waals surface area (Å²) >= 11 is 1.58. The Balaban J connectivity index is 1.47. The topological polar surface area (TPSA) is 89.9 Å². The molecule has 1 aliphatic heterocycles. The number of carbonyl (C=O) groups is 1. The number of thiazole rings is 1. The van der Waals surface area contributed by atoms with Crippen molar-refractivity contribution < 1.29 is 9.18 Å². The highest BCUT2D eigenvalue weighted by Crippen LogP contribution is 2.37. The summed E-state index contributed by atoms with van der Waals surface area (Å²) in [5.74, 6) is -0.285. The summed E-state index contributed by atoms with van der Waals surface area (Å²) < 4.78 is 18.1. The van der Waals surface area contributed by atoms with Gasteiger partial charge in [-0.25, -0.2) is 14.4 Å². The highest BCUT2D eigenvalue weighted by Gasteiger charge is 2.33. The van der Waals surface area contributed by atoms with Crippen LogP contribution >= 0.6 is 11.3 Å². The lowest BCUT2D eigenvalue weighted by Crippen LogP contribution is -2.42. The molecule has 0 saturated carbocycles. The molecular weight excluding hydrogens is 451 g/mol. The number of hydrogen-bond acceptors (Lipinski definition) is 6. The van der Waals surface area contributed by atoms with Crippen LogP contribution in [0.5, 0.6) is 0 Å². The summed E-state index contributed by atoms with van der Waals surface area (Å²) in [6, 6.07) is 8.92. The average Bonchev–Trinajstić information content (AvgIpc) is 3.45. The fourth-order valence-electron chi connectivity index (χ4n) is 5.10. The van der Waals surface area contributed by atoms with Crippen molar-refractivity contribution in [3.8, 4) is 0 Å². The van der Waals surface area contributed by atoms with Crippen molar-refractivity contribution in [3.63, 3.8) is 0 Å². The maximum absolute atomic E-state index is 15.3. The van der Waals surface area contributed by atoms with Gasteiger partial charge in [0.1, 0.15) is 11.6 Å². The van der Waals surface area contributed by atoms with Crippen molar-refractivity contribution in [3.05, 3.63) is 59.0 Å². The molecule has 5 aromatic rings. The number of benzene rings is 2. The van der Waals surface area contributed by atoms with Crippen LogP contribution in [-0.2, 0) is 7.05 Å². The van der Waals surface area contributed by atoms with Crippen LogP contribution in [0.4, 0.5) is 10.2 Å². The smallest absolute Gasteiger partial charge is 0.257 e. The van der Waals surface area contributed by atoms with Gasteiger partial charge in [0.2, 0.25) is 0 Å². The molecule has 3 aromatic heterocycles. The average molecular weight is 475 g/mol. The number of anilines is 1. The number of piperidine rings is 1. The monoisotopic (exact) mass is 474 g/mol. The molecule has 6 rings (SSSR count). The van der Waals surface area contributed by atoms with E-state index in [0.29, 0.717) is 28.8 Å². The van der Waals surface area contributed by atoms with Crippen molar-refractivity contribution in [2.45, 2.75) is 25.8 Å². The molecule has 9 heteroatoms. The lowest BCUT2D eigenvalue weighted by Gasteiger charge is -2.39. The Bertz CT molecular complexity index is 1590. The van der Waals surface area contributed by atoms with Gasteiger partial charge < -0.3 is 10.6 Å². The number of halogens is 1. The van der Waals surface area contributed by atoms with Crippen LogP contribution < -0.4 is 5.73 Å². The van der Waals surface area contributed by atoms with E-state index in [0.717, 1.165) is 34.1 Å². The van der Waals surface area contributed by atoms with Gasteiger partial charge in [-0.15, -0.1) is 11.3 Å². The Kier molecular flexibility index (Phi) is 4.77. The second kappa shape index (κ2) is 7.73. The Morgan fingerprint density at radius 1 is 1.18 bits per heavy atom. The van der Waals surface area contributed by atoms with Crippen LogP contribution in [0.25, 0.3) is 32.0 Å². The molecule has 7 nitrogen and oxygen atoms in total. The van der Waals surface area contributed by atoms with Crippen LogP contribution in [0.15, 0.2) is 42.0 Å². The van der Waals surface area contributed by atoms with Gasteiger partial charge in [0, 0.05) is 25.0 Å². The van der Waals surface area contributed by atoms with Gasteiger partial charge in [0.25, 0.3) is 5.91 Å². The molecule has 0 radical (unpaired) electrons. The minimum absolute atomic E-state index is 0.0412. The number of carbonyl (C=O) groups excluding carboxylic acids is 1. The Morgan fingerprint density at radius 3 is 2.88 bits per heavy atom. The molecule has 2 atom stereocenters. The predicted molar refractivity (Wildman–Crippen MR) is 132 cm³/mol. The number of pyridine rings is 1. The van der Waals surface area contributed by atoms with Crippen LogP contribution in [0, 0.1) is 11.7 Å². The SMILES string of the molecule is C[C@H]1CC[C@H](c2ccc3ncsc3c2)N(C(=O)c2cc3c(cc2F)nc(N)c2cnn(C)c23)C1. The van der Waals surface area contributed by atoms with Gasteiger partial charge in [-0.05, 0) is 42.5 Å². The van der Waals surface area contributed by atoms with Gasteiger partial charge in [-0.1, -0.05) is 13.0 Å². The van der Waals surface area contributed by atoms with E-state index in [2.05, 4.69) is 28.1 Å². The minimum atomic E-state index is -0.596. The number of nitrogens with zero attached hydrogens (tertiary/aromatic N) is 5. The molecule has 2 N–H and O–H groups in total. The van der Waals surface area contributed by atoms with E-state index in [1.165, 1.54) is 6.07 Å². The number of nitrogens with two attached hydrogens (primary N) is 1. The van der Waals surface area contributed by atoms with Crippen molar-refractivity contribution in [2.24, 2.45) is 13.0 Å². The van der Waals surface area contributed by atoms with E-state index in [1.54, 1.807) is 35.3 Å². The number of nitrogen functional groups attached to an aromatic ring is 1. The molecule has 34 heavy (non-hydrogen) atoms. The first-order valence-corrected chi connectivity index (χ1v) is 12.1. The van der Waals surface area contributed by atoms with Crippen molar-refractivity contribution in [2.75, 3.05) is 12.3 Å². The second-order valence-electron chi connectivity index (χ2n) is 9.11. The third kappa shape index (κ3) is 3.22. The summed E-state index contributed by atoms with van der Waals surface area (Å²) in [4.78, 5) is 24.4. The summed E-state index contributed by atoms with van der Waals surface area (Å²) in [5, 5.41) is 5.62. The van der Waals surface area contributed by atoms with Crippen LogP contribution in [0.1, 0.15) is 41.7 Å². The molecule has 0 unspecified atom stereocenters. The molecule has 0 aliphatic carbocycles. The summed E-state index contributed by atoms with van der Waals surface area (Å²) in [6.45, 7) is 2.70. The van der Waals surface area contributed by atoms with Gasteiger partial charge in [0.15, 0.2) is 0 Å². The Labute approximate surface area is 199 Å². The zero-order valence-electron chi connectivity index (χ0n) is 18.8. The van der Waals surface area contributed by atoms with E-state index >= 15 is 4.39 Å². The van der Waals surface area contributed by atoms with Crippen molar-refractivity contribution in [1.82, 2.24) is 24.6 Å². The molecule has 1 saturated heterocycles. The molecular formula is C25H23FN6OS. The molecule has 172 valence electrons. The van der Waals surface area contributed by atoms with Gasteiger partial charge in [0.05, 0.1) is 49.9 Å². The third-order valence-electron chi connectivity index (χ3n) is 6.84. The predicted octanol–water partition coefficient (Wildman–Crippen LogP) is 5.07. The lowest BCUT2D eigenvalue weighted by atomic mass is 9.89. The number of aryl methyl sites for hydroxylation is 1. The summed E-state index contributed by atoms with van der Waals surface area (Å²) in [7, 11) is 1.80. The largest absolute Gasteiger partial charge is 0.383 e. The third-order valence-corrected chi connectivity index (χ3v) is 7.64. The lowest BCUT2D eigenvalue weighted by molar-refractivity contribution is 0.0540. The summed E-state index contributed by atoms with van der Waals surface area (Å²) in [6.07, 6.45) is 3.48. The second-order valence-corrected chi connectivity index (χ2v) is 10.00. The first-order valence-electron chi connectivity index (χ1n) is 11.2. The van der Waals surface area contributed by atoms with E-state index < -0.39 is 5.82 Å². The van der Waals surface area contributed by atoms with Crippen LogP contribution in [-0.4, -0.2) is 37.1 Å². The fourth-order valence-corrected chi connectivity index (χ4v) is 5.83. The number of aromatic nitrogens is 4. The fraction of sp³-hybridized carbons (Fsp3) is 0.280. The van der Waals surface area contributed by atoms with Crippen LogP contribution in [0.2, 0.25) is 0 Å². The minimum Gasteiger partial charge on any atom is -0.383 e. The highest BCUT2D eigenvalue weighted by molar-refractivity contribution is 7.16. The number of amides is 1. The molecule has 0 spiro atoms. The first-order chi connectivity index (χ1) is 16.4. The van der Waals surface area contributed by atoms with Crippen molar-refractivity contribution >= 4 is 55.1 Å². The van der Waals surface area contributed by atoms with Gasteiger partial charge in [-0.2, -0.15) is 5.10 Å². The molecule has 1 fully saturated rings. The quantitative estimate of drug-likeness (QED) is 0.386. The normalized spacial score (nSPS) is 18.9. The number of fused-ring (bicyclic) bond motifs is 4. The number of likely N-dealkylation sites (tertiary alicyclic amines) is 1. The first kappa shape index (κ1) is 21.0. The van der Waals surface area contributed by atoms with E-state index in [1.807, 2.05) is 22.5 Å². The maximum atomic E-state index is 15.3. The van der Waals surface area contributed by atoms with E-state index in [4.69, 9.17) is 5.73 Å². The molecule has 1 amide bonds. The molecule has 4 heterocycles. The molecule has 0 bridgehead atoms. The molecule has 2 aromatic carbocycles. The van der Waals surface area contributed by atoms with E-state index in [9.17, 15) is 4.79 Å². The van der Waals surface area contributed by atoms with E-state index in [-0.39, 0.29) is 23.3 Å². The van der Waals surface area contributed by atoms with Crippen molar-refractivity contribution in [1.29, 1.82) is 0 Å². The Morgan fingerprint density at radius 2 is 2.03 bits per heavy atom. The molecule has 1 aliphatic rings. The number of hydrogen-bond donors (Lipinski definition) is 1. The number of rotatable bonds is 2. The highest BCUT2D eigenvalue weighted by atomic mass is 32.1. The maximum Gasteiger partial charge on any atom is 0.257 e. The van der Waals surface area contributed by atoms with Gasteiger partial charge >= 0.3 is 0 Å². The van der Waals surface area contributed by atoms with Crippen LogP contribution in [0.3, 0.4) is 0 Å². The standard InChI is InChI=1S/C25H23FN6OS/c1-13-3-6-21(14-4-5-19-22(7-14)34-12-28-19)32(11-13)25(33)15-8-16-20(9-18(15)26)30-24(27)17-10-29-31(2)23(16)17/h4-5,7-10,12-13,21H,3,6,11H2,1-2H3,(H2,27,30)/t13-,21+/m0/s1. The zero-order valence-corrected chi connectivity index (χ0v) is 19.6. The Hall–Kier alpha value is -3.59.